The first-order valence-corrected chi connectivity index (χ1v) is 12.1. The topological polar surface area (TPSA) is 116 Å². The van der Waals surface area contributed by atoms with Gasteiger partial charge in [0, 0.05) is 13.6 Å². The Bertz CT molecular complexity index is 1580. The summed E-state index contributed by atoms with van der Waals surface area (Å²) in [6.45, 7) is 3.07. The quantitative estimate of drug-likeness (QED) is 0.270. The molecule has 4 heterocycles. The third kappa shape index (κ3) is 4.03. The fraction of sp³-hybridized carbons (Fsp3) is 0.304. The Balaban J connectivity index is 1.59. The van der Waals surface area contributed by atoms with E-state index in [0.29, 0.717) is 30.0 Å². The lowest BCUT2D eigenvalue weighted by atomic mass is 10.2. The number of aromatic amines is 1. The van der Waals surface area contributed by atoms with Gasteiger partial charge in [-0.2, -0.15) is 5.10 Å². The van der Waals surface area contributed by atoms with Crippen molar-refractivity contribution in [2.45, 2.75) is 43.6 Å². The minimum Gasteiger partial charge on any atom is -0.321 e. The van der Waals surface area contributed by atoms with Crippen LogP contribution in [-0.2, 0) is 25.9 Å². The molecule has 10 nitrogen and oxygen atoms in total. The fourth-order valence-electron chi connectivity index (χ4n) is 3.99. The van der Waals surface area contributed by atoms with Crippen LogP contribution in [0.15, 0.2) is 57.5 Å². The summed E-state index contributed by atoms with van der Waals surface area (Å²) in [4.78, 5) is 41.6. The SMILES string of the molecule is CCCCn1c(CSc2ncnc3c2cnn3C)nc2c1c(=O)[nH]c(=O)n2Cc1ccccc1. The van der Waals surface area contributed by atoms with Gasteiger partial charge in [-0.25, -0.2) is 19.7 Å². The molecule has 4 aromatic heterocycles. The second-order valence-electron chi connectivity index (χ2n) is 8.01. The average molecular weight is 477 g/mol. The number of aromatic nitrogens is 8. The van der Waals surface area contributed by atoms with Crippen molar-refractivity contribution in [2.24, 2.45) is 7.05 Å². The summed E-state index contributed by atoms with van der Waals surface area (Å²) in [5.74, 6) is 1.21. The van der Waals surface area contributed by atoms with Gasteiger partial charge >= 0.3 is 5.69 Å². The van der Waals surface area contributed by atoms with Gasteiger partial charge in [0.15, 0.2) is 16.8 Å². The third-order valence-electron chi connectivity index (χ3n) is 5.71. The molecule has 0 aliphatic heterocycles. The van der Waals surface area contributed by atoms with Crippen LogP contribution in [-0.4, -0.2) is 38.9 Å². The maximum atomic E-state index is 12.9. The van der Waals surface area contributed by atoms with E-state index in [2.05, 4.69) is 27.0 Å². The van der Waals surface area contributed by atoms with E-state index in [4.69, 9.17) is 4.98 Å². The molecule has 11 heteroatoms. The molecule has 1 aromatic carbocycles. The van der Waals surface area contributed by atoms with Crippen molar-refractivity contribution in [2.75, 3.05) is 0 Å². The maximum absolute atomic E-state index is 12.9. The van der Waals surface area contributed by atoms with Crippen LogP contribution >= 0.6 is 11.8 Å². The fourth-order valence-corrected chi connectivity index (χ4v) is 4.89. The van der Waals surface area contributed by atoms with Gasteiger partial charge in [0.1, 0.15) is 17.2 Å². The van der Waals surface area contributed by atoms with Crippen molar-refractivity contribution in [1.82, 2.24) is 38.9 Å². The highest BCUT2D eigenvalue weighted by Gasteiger charge is 2.19. The monoisotopic (exact) mass is 476 g/mol. The lowest BCUT2D eigenvalue weighted by molar-refractivity contribution is 0.626. The van der Waals surface area contributed by atoms with Gasteiger partial charge < -0.3 is 4.57 Å². The predicted octanol–water partition coefficient (Wildman–Crippen LogP) is 2.70. The van der Waals surface area contributed by atoms with E-state index in [1.807, 2.05) is 41.9 Å². The van der Waals surface area contributed by atoms with Crippen LogP contribution in [0.4, 0.5) is 0 Å². The highest BCUT2D eigenvalue weighted by molar-refractivity contribution is 7.98. The second-order valence-corrected chi connectivity index (χ2v) is 8.97. The molecule has 0 unspecified atom stereocenters. The third-order valence-corrected chi connectivity index (χ3v) is 6.72. The Kier molecular flexibility index (Phi) is 6.01. The van der Waals surface area contributed by atoms with Crippen LogP contribution in [0.5, 0.6) is 0 Å². The molecule has 0 atom stereocenters. The van der Waals surface area contributed by atoms with E-state index in [1.165, 1.54) is 22.7 Å². The van der Waals surface area contributed by atoms with Crippen molar-refractivity contribution in [3.8, 4) is 0 Å². The molecule has 0 saturated carbocycles. The standard InChI is InChI=1S/C23H24N8O2S/c1-3-4-10-30-17(13-34-22-16-11-26-29(2)19(16)24-14-25-22)27-20-18(30)21(32)28-23(33)31(20)12-15-8-6-5-7-9-15/h5-9,11,14H,3-4,10,12-13H2,1-2H3,(H,28,32,33). The van der Waals surface area contributed by atoms with Gasteiger partial charge in [-0.05, 0) is 12.0 Å². The molecule has 0 radical (unpaired) electrons. The van der Waals surface area contributed by atoms with Crippen LogP contribution in [0.1, 0.15) is 31.2 Å². The Morgan fingerprint density at radius 3 is 2.68 bits per heavy atom. The Morgan fingerprint density at radius 2 is 1.88 bits per heavy atom. The van der Waals surface area contributed by atoms with Crippen LogP contribution in [0, 0.1) is 0 Å². The second kappa shape index (κ2) is 9.26. The molecule has 0 saturated heterocycles. The molecule has 0 aliphatic rings. The number of fused-ring (bicyclic) bond motifs is 2. The molecular weight excluding hydrogens is 452 g/mol. The lowest BCUT2D eigenvalue weighted by Gasteiger charge is -2.09. The first-order chi connectivity index (χ1) is 16.6. The molecule has 0 amide bonds. The van der Waals surface area contributed by atoms with Gasteiger partial charge in [-0.15, -0.1) is 0 Å². The zero-order valence-corrected chi connectivity index (χ0v) is 19.7. The van der Waals surface area contributed by atoms with Crippen LogP contribution < -0.4 is 11.2 Å². The number of hydrogen-bond acceptors (Lipinski definition) is 7. The summed E-state index contributed by atoms with van der Waals surface area (Å²) in [6.07, 6.45) is 5.13. The molecule has 0 bridgehead atoms. The van der Waals surface area contributed by atoms with Crippen molar-refractivity contribution in [3.63, 3.8) is 0 Å². The van der Waals surface area contributed by atoms with Crippen molar-refractivity contribution >= 4 is 34.0 Å². The van der Waals surface area contributed by atoms with E-state index in [0.717, 1.165) is 40.3 Å². The van der Waals surface area contributed by atoms with Crippen molar-refractivity contribution < 1.29 is 0 Å². The van der Waals surface area contributed by atoms with Crippen molar-refractivity contribution in [3.05, 3.63) is 75.1 Å². The Labute approximate surface area is 198 Å². The van der Waals surface area contributed by atoms with Gasteiger partial charge in [-0.3, -0.25) is 19.0 Å². The molecule has 5 rings (SSSR count). The Morgan fingerprint density at radius 1 is 1.06 bits per heavy atom. The largest absolute Gasteiger partial charge is 0.330 e. The van der Waals surface area contributed by atoms with E-state index in [-0.39, 0.29) is 0 Å². The van der Waals surface area contributed by atoms with E-state index >= 15 is 0 Å². The molecule has 0 aliphatic carbocycles. The highest BCUT2D eigenvalue weighted by Crippen LogP contribution is 2.28. The average Bonchev–Trinajstić information content (AvgIpc) is 3.41. The molecule has 0 fully saturated rings. The van der Waals surface area contributed by atoms with E-state index in [9.17, 15) is 9.59 Å². The number of nitrogens with one attached hydrogen (secondary N) is 1. The van der Waals surface area contributed by atoms with Gasteiger partial charge in [0.2, 0.25) is 0 Å². The number of imidazole rings is 1. The van der Waals surface area contributed by atoms with Gasteiger partial charge in [0.25, 0.3) is 5.56 Å². The smallest absolute Gasteiger partial charge is 0.321 e. The number of aryl methyl sites for hydroxylation is 2. The van der Waals surface area contributed by atoms with Crippen LogP contribution in [0.2, 0.25) is 0 Å². The zero-order chi connectivity index (χ0) is 23.7. The number of rotatable bonds is 8. The normalized spacial score (nSPS) is 11.6. The number of hydrogen-bond donors (Lipinski definition) is 1. The number of unbranched alkanes of at least 4 members (excludes halogenated alkanes) is 1. The summed E-state index contributed by atoms with van der Waals surface area (Å²) in [6, 6.07) is 9.67. The number of H-pyrrole nitrogens is 1. The summed E-state index contributed by atoms with van der Waals surface area (Å²) in [7, 11) is 1.84. The van der Waals surface area contributed by atoms with Gasteiger partial charge in [-0.1, -0.05) is 55.4 Å². The van der Waals surface area contributed by atoms with Gasteiger partial charge in [0.05, 0.1) is 23.9 Å². The van der Waals surface area contributed by atoms with E-state index < -0.39 is 11.2 Å². The Hall–Kier alpha value is -3.73. The zero-order valence-electron chi connectivity index (χ0n) is 18.9. The molecule has 174 valence electrons. The highest BCUT2D eigenvalue weighted by atomic mass is 32.2. The lowest BCUT2D eigenvalue weighted by Crippen LogP contribution is -2.31. The van der Waals surface area contributed by atoms with Crippen molar-refractivity contribution in [1.29, 1.82) is 0 Å². The van der Waals surface area contributed by atoms with Crippen LogP contribution in [0.25, 0.3) is 22.2 Å². The maximum Gasteiger partial charge on any atom is 0.330 e. The first kappa shape index (κ1) is 22.1. The van der Waals surface area contributed by atoms with E-state index in [1.54, 1.807) is 10.9 Å². The minimum absolute atomic E-state index is 0.326. The summed E-state index contributed by atoms with van der Waals surface area (Å²) in [5.41, 5.74) is 1.66. The number of nitrogens with zero attached hydrogens (tertiary/aromatic N) is 7. The molecule has 0 spiro atoms. The number of thioether (sulfide) groups is 1. The summed E-state index contributed by atoms with van der Waals surface area (Å²) >= 11 is 1.51. The molecule has 34 heavy (non-hydrogen) atoms. The molecule has 1 N–H and O–H groups in total. The number of benzene rings is 1. The molecular formula is C23H24N8O2S. The summed E-state index contributed by atoms with van der Waals surface area (Å²) in [5, 5.41) is 5.93. The first-order valence-electron chi connectivity index (χ1n) is 11.1. The predicted molar refractivity (Wildman–Crippen MR) is 131 cm³/mol. The molecule has 5 aromatic rings. The minimum atomic E-state index is -0.464. The van der Waals surface area contributed by atoms with Crippen LogP contribution in [0.3, 0.4) is 0 Å². The summed E-state index contributed by atoms with van der Waals surface area (Å²) < 4.78 is 5.18.